The Morgan fingerprint density at radius 3 is 2.76 bits per heavy atom. The molecule has 2 atom stereocenters. The van der Waals surface area contributed by atoms with Crippen molar-refractivity contribution in [3.63, 3.8) is 0 Å². The molecule has 1 aromatic carbocycles. The number of carbonyl (C=O) groups excluding carboxylic acids is 1. The average Bonchev–Trinajstić information content (AvgIpc) is 2.53. The smallest absolute Gasteiger partial charge is 0.237 e. The number of amides is 1. The Labute approximate surface area is 125 Å². The third-order valence-electron chi connectivity index (χ3n) is 3.88. The molecule has 2 rings (SSSR count). The Hall–Kier alpha value is -1.75. The summed E-state index contributed by atoms with van der Waals surface area (Å²) in [5.74, 6) is 1.68. The van der Waals surface area contributed by atoms with Crippen LogP contribution >= 0.6 is 0 Å². The number of nitrogens with two attached hydrogens (primary N) is 1. The van der Waals surface area contributed by atoms with Crippen LogP contribution in [0.4, 0.5) is 0 Å². The monoisotopic (exact) mass is 292 g/mol. The second kappa shape index (κ2) is 7.31. The summed E-state index contributed by atoms with van der Waals surface area (Å²) in [6, 6.07) is 5.44. The van der Waals surface area contributed by atoms with Gasteiger partial charge in [-0.2, -0.15) is 0 Å². The van der Waals surface area contributed by atoms with Crippen molar-refractivity contribution in [1.82, 2.24) is 5.32 Å². The molecule has 1 heterocycles. The van der Waals surface area contributed by atoms with Crippen molar-refractivity contribution in [2.75, 3.05) is 19.8 Å². The summed E-state index contributed by atoms with van der Waals surface area (Å²) in [5.41, 5.74) is 7.00. The number of hydrogen-bond donors (Lipinski definition) is 2. The summed E-state index contributed by atoms with van der Waals surface area (Å²) in [5, 5.41) is 2.89. The molecule has 0 unspecified atom stereocenters. The van der Waals surface area contributed by atoms with Crippen LogP contribution in [0, 0.1) is 5.92 Å². The molecule has 116 valence electrons. The minimum Gasteiger partial charge on any atom is -0.486 e. The number of rotatable bonds is 6. The van der Waals surface area contributed by atoms with Gasteiger partial charge in [0.2, 0.25) is 5.91 Å². The Morgan fingerprint density at radius 1 is 1.33 bits per heavy atom. The van der Waals surface area contributed by atoms with E-state index in [2.05, 4.69) is 5.32 Å². The summed E-state index contributed by atoms with van der Waals surface area (Å²) in [7, 11) is 0. The van der Waals surface area contributed by atoms with Crippen LogP contribution in [0.1, 0.15) is 25.8 Å². The summed E-state index contributed by atoms with van der Waals surface area (Å²) >= 11 is 0. The molecule has 5 heteroatoms. The fourth-order valence-electron chi connectivity index (χ4n) is 2.20. The molecule has 0 aliphatic carbocycles. The van der Waals surface area contributed by atoms with Crippen LogP contribution in [0.5, 0.6) is 11.5 Å². The first kappa shape index (κ1) is 15.6. The Balaban J connectivity index is 1.82. The van der Waals surface area contributed by atoms with Crippen LogP contribution in [0.25, 0.3) is 0 Å². The van der Waals surface area contributed by atoms with Gasteiger partial charge >= 0.3 is 0 Å². The molecule has 0 saturated heterocycles. The van der Waals surface area contributed by atoms with E-state index in [4.69, 9.17) is 15.2 Å². The highest BCUT2D eigenvalue weighted by molar-refractivity contribution is 5.81. The molecule has 21 heavy (non-hydrogen) atoms. The maximum atomic E-state index is 11.9. The molecular weight excluding hydrogens is 268 g/mol. The van der Waals surface area contributed by atoms with Crippen LogP contribution in [0.3, 0.4) is 0 Å². The van der Waals surface area contributed by atoms with E-state index in [0.29, 0.717) is 19.8 Å². The van der Waals surface area contributed by atoms with E-state index < -0.39 is 6.04 Å². The first-order valence-electron chi connectivity index (χ1n) is 7.53. The van der Waals surface area contributed by atoms with E-state index in [9.17, 15) is 4.79 Å². The van der Waals surface area contributed by atoms with Crippen LogP contribution in [0.15, 0.2) is 18.2 Å². The molecule has 0 bridgehead atoms. The lowest BCUT2D eigenvalue weighted by atomic mass is 9.99. The normalized spacial score (nSPS) is 16.1. The van der Waals surface area contributed by atoms with E-state index in [1.165, 1.54) is 0 Å². The van der Waals surface area contributed by atoms with Crippen molar-refractivity contribution in [2.24, 2.45) is 11.7 Å². The van der Waals surface area contributed by atoms with Gasteiger partial charge in [0, 0.05) is 6.54 Å². The Kier molecular flexibility index (Phi) is 5.44. The third-order valence-corrected chi connectivity index (χ3v) is 3.88. The number of ether oxygens (including phenoxy) is 2. The minimum atomic E-state index is -0.435. The van der Waals surface area contributed by atoms with Crippen LogP contribution in [0.2, 0.25) is 0 Å². The first-order valence-corrected chi connectivity index (χ1v) is 7.53. The zero-order chi connectivity index (χ0) is 15.2. The number of hydrogen-bond acceptors (Lipinski definition) is 4. The highest BCUT2D eigenvalue weighted by Crippen LogP contribution is 2.30. The van der Waals surface area contributed by atoms with Gasteiger partial charge in [-0.25, -0.2) is 0 Å². The molecule has 0 saturated carbocycles. The summed E-state index contributed by atoms with van der Waals surface area (Å²) in [4.78, 5) is 11.9. The summed E-state index contributed by atoms with van der Waals surface area (Å²) in [6.45, 7) is 5.77. The topological polar surface area (TPSA) is 73.6 Å². The second-order valence-corrected chi connectivity index (χ2v) is 5.43. The van der Waals surface area contributed by atoms with E-state index >= 15 is 0 Å². The zero-order valence-electron chi connectivity index (χ0n) is 12.7. The van der Waals surface area contributed by atoms with Gasteiger partial charge in [0.15, 0.2) is 11.5 Å². The SMILES string of the molecule is CC[C@H](C)[C@H](N)C(=O)NCCc1ccc2c(c1)OCCO2. The molecule has 0 radical (unpaired) electrons. The van der Waals surface area contributed by atoms with Crippen molar-refractivity contribution in [1.29, 1.82) is 0 Å². The van der Waals surface area contributed by atoms with E-state index in [0.717, 1.165) is 29.9 Å². The molecule has 0 fully saturated rings. The maximum Gasteiger partial charge on any atom is 0.237 e. The van der Waals surface area contributed by atoms with Crippen molar-refractivity contribution < 1.29 is 14.3 Å². The van der Waals surface area contributed by atoms with Gasteiger partial charge in [0.1, 0.15) is 13.2 Å². The molecule has 0 aromatic heterocycles. The zero-order valence-corrected chi connectivity index (χ0v) is 12.7. The standard InChI is InChI=1S/C16H24N2O3/c1-3-11(2)15(17)16(19)18-7-6-12-4-5-13-14(10-12)21-9-8-20-13/h4-5,10-11,15H,3,6-9,17H2,1-2H3,(H,18,19)/t11-,15-/m0/s1. The van der Waals surface area contributed by atoms with Crippen molar-refractivity contribution in [2.45, 2.75) is 32.7 Å². The van der Waals surface area contributed by atoms with E-state index in [-0.39, 0.29) is 11.8 Å². The Bertz CT molecular complexity index is 490. The number of benzene rings is 1. The minimum absolute atomic E-state index is 0.0816. The maximum absolute atomic E-state index is 11.9. The van der Waals surface area contributed by atoms with Gasteiger partial charge in [-0.15, -0.1) is 0 Å². The first-order chi connectivity index (χ1) is 10.1. The molecule has 3 N–H and O–H groups in total. The molecule has 0 spiro atoms. The van der Waals surface area contributed by atoms with Crippen molar-refractivity contribution in [3.8, 4) is 11.5 Å². The van der Waals surface area contributed by atoms with Gasteiger partial charge in [-0.1, -0.05) is 26.3 Å². The lowest BCUT2D eigenvalue weighted by Gasteiger charge is -2.19. The molecule has 1 aromatic rings. The molecule has 1 aliphatic rings. The predicted octanol–water partition coefficient (Wildman–Crippen LogP) is 1.49. The predicted molar refractivity (Wildman–Crippen MR) is 81.6 cm³/mol. The van der Waals surface area contributed by atoms with Gasteiger partial charge in [-0.3, -0.25) is 4.79 Å². The second-order valence-electron chi connectivity index (χ2n) is 5.43. The van der Waals surface area contributed by atoms with Crippen LogP contribution in [-0.4, -0.2) is 31.7 Å². The van der Waals surface area contributed by atoms with Gasteiger partial charge in [0.25, 0.3) is 0 Å². The largest absolute Gasteiger partial charge is 0.486 e. The van der Waals surface area contributed by atoms with Crippen LogP contribution < -0.4 is 20.5 Å². The van der Waals surface area contributed by atoms with Gasteiger partial charge < -0.3 is 20.5 Å². The fourth-order valence-corrected chi connectivity index (χ4v) is 2.20. The summed E-state index contributed by atoms with van der Waals surface area (Å²) in [6.07, 6.45) is 1.65. The number of fused-ring (bicyclic) bond motifs is 1. The summed E-state index contributed by atoms with van der Waals surface area (Å²) < 4.78 is 11.0. The highest BCUT2D eigenvalue weighted by Gasteiger charge is 2.18. The van der Waals surface area contributed by atoms with Crippen LogP contribution in [-0.2, 0) is 11.2 Å². The lowest BCUT2D eigenvalue weighted by molar-refractivity contribution is -0.123. The van der Waals surface area contributed by atoms with Crippen molar-refractivity contribution in [3.05, 3.63) is 23.8 Å². The number of nitrogens with one attached hydrogen (secondary N) is 1. The molecular formula is C16H24N2O3. The highest BCUT2D eigenvalue weighted by atomic mass is 16.6. The third kappa shape index (κ3) is 4.11. The van der Waals surface area contributed by atoms with Gasteiger partial charge in [0.05, 0.1) is 6.04 Å². The molecule has 5 nitrogen and oxygen atoms in total. The average molecular weight is 292 g/mol. The van der Waals surface area contributed by atoms with E-state index in [1.807, 2.05) is 32.0 Å². The quantitative estimate of drug-likeness (QED) is 0.833. The molecule has 1 amide bonds. The molecule has 1 aliphatic heterocycles. The van der Waals surface area contributed by atoms with Crippen molar-refractivity contribution >= 4 is 5.91 Å². The van der Waals surface area contributed by atoms with E-state index in [1.54, 1.807) is 0 Å². The number of carbonyl (C=O) groups is 1. The fraction of sp³-hybridized carbons (Fsp3) is 0.562. The Morgan fingerprint density at radius 2 is 2.05 bits per heavy atom. The van der Waals surface area contributed by atoms with Gasteiger partial charge in [-0.05, 0) is 30.0 Å². The lowest BCUT2D eigenvalue weighted by Crippen LogP contribution is -2.45.